The second-order valence-electron chi connectivity index (χ2n) is 3.86. The Labute approximate surface area is 98.6 Å². The Kier molecular flexibility index (Phi) is 7.74. The highest BCUT2D eigenvalue weighted by Crippen LogP contribution is 2.01. The Balaban J connectivity index is 1.89. The molecule has 0 aliphatic carbocycles. The topological polar surface area (TPSA) is 18.5 Å². The van der Waals surface area contributed by atoms with E-state index in [2.05, 4.69) is 19.1 Å². The molecule has 2 heteroatoms. The van der Waals surface area contributed by atoms with Crippen molar-refractivity contribution in [1.82, 2.24) is 0 Å². The first-order valence-corrected chi connectivity index (χ1v) is 6.13. The van der Waals surface area contributed by atoms with E-state index in [1.165, 1.54) is 5.56 Å². The fraction of sp³-hybridized carbons (Fsp3) is 0.571. The van der Waals surface area contributed by atoms with Crippen molar-refractivity contribution in [2.45, 2.75) is 32.8 Å². The van der Waals surface area contributed by atoms with E-state index < -0.39 is 0 Å². The second-order valence-corrected chi connectivity index (χ2v) is 3.86. The summed E-state index contributed by atoms with van der Waals surface area (Å²) in [5.41, 5.74) is 1.24. The molecule has 1 aromatic rings. The van der Waals surface area contributed by atoms with Crippen LogP contribution in [0.15, 0.2) is 30.3 Å². The molecular weight excluding hydrogens is 200 g/mol. The Morgan fingerprint density at radius 1 is 0.875 bits per heavy atom. The van der Waals surface area contributed by atoms with Gasteiger partial charge in [0, 0.05) is 19.8 Å². The van der Waals surface area contributed by atoms with Crippen molar-refractivity contribution in [3.8, 4) is 0 Å². The molecule has 0 radical (unpaired) electrons. The van der Waals surface area contributed by atoms with Crippen LogP contribution >= 0.6 is 0 Å². The largest absolute Gasteiger partial charge is 0.381 e. The normalized spacial score (nSPS) is 10.6. The van der Waals surface area contributed by atoms with Crippen LogP contribution in [0.3, 0.4) is 0 Å². The van der Waals surface area contributed by atoms with Crippen LogP contribution in [0.25, 0.3) is 0 Å². The van der Waals surface area contributed by atoms with Gasteiger partial charge in [0.2, 0.25) is 0 Å². The van der Waals surface area contributed by atoms with Gasteiger partial charge in [-0.3, -0.25) is 0 Å². The number of benzene rings is 1. The molecular formula is C14H22O2. The minimum atomic E-state index is 0.719. The highest BCUT2D eigenvalue weighted by Gasteiger charge is 1.92. The average molecular weight is 222 g/mol. The van der Waals surface area contributed by atoms with E-state index in [-0.39, 0.29) is 0 Å². The summed E-state index contributed by atoms with van der Waals surface area (Å²) < 4.78 is 11.0. The Bertz CT molecular complexity index is 246. The fourth-order valence-corrected chi connectivity index (χ4v) is 1.42. The predicted molar refractivity (Wildman–Crippen MR) is 66.4 cm³/mol. The van der Waals surface area contributed by atoms with Crippen LogP contribution in [0, 0.1) is 0 Å². The fourth-order valence-electron chi connectivity index (χ4n) is 1.42. The van der Waals surface area contributed by atoms with Gasteiger partial charge in [-0.25, -0.2) is 0 Å². The maximum absolute atomic E-state index is 5.57. The lowest BCUT2D eigenvalue weighted by Crippen LogP contribution is -1.99. The molecule has 0 fully saturated rings. The molecule has 0 saturated heterocycles. The number of hydrogen-bond donors (Lipinski definition) is 0. The van der Waals surface area contributed by atoms with Gasteiger partial charge in [0.15, 0.2) is 0 Å². The third kappa shape index (κ3) is 6.59. The molecule has 1 rings (SSSR count). The van der Waals surface area contributed by atoms with Crippen molar-refractivity contribution in [2.24, 2.45) is 0 Å². The minimum Gasteiger partial charge on any atom is -0.381 e. The maximum Gasteiger partial charge on any atom is 0.0716 e. The van der Waals surface area contributed by atoms with Crippen LogP contribution in [-0.2, 0) is 16.1 Å². The summed E-state index contributed by atoms with van der Waals surface area (Å²) in [5, 5.41) is 0. The van der Waals surface area contributed by atoms with Gasteiger partial charge in [0.1, 0.15) is 0 Å². The van der Waals surface area contributed by atoms with E-state index >= 15 is 0 Å². The van der Waals surface area contributed by atoms with Gasteiger partial charge < -0.3 is 9.47 Å². The van der Waals surface area contributed by atoms with Gasteiger partial charge >= 0.3 is 0 Å². The molecule has 0 aliphatic rings. The molecule has 90 valence electrons. The van der Waals surface area contributed by atoms with Crippen molar-refractivity contribution in [3.63, 3.8) is 0 Å². The Hall–Kier alpha value is -0.860. The zero-order chi connectivity index (χ0) is 11.5. The second kappa shape index (κ2) is 9.37. The monoisotopic (exact) mass is 222 g/mol. The Morgan fingerprint density at radius 2 is 1.56 bits per heavy atom. The minimum absolute atomic E-state index is 0.719. The van der Waals surface area contributed by atoms with E-state index in [0.717, 1.165) is 45.7 Å². The molecule has 0 N–H and O–H groups in total. The zero-order valence-corrected chi connectivity index (χ0v) is 10.2. The molecule has 0 amide bonds. The lowest BCUT2D eigenvalue weighted by Gasteiger charge is -2.04. The first-order chi connectivity index (χ1) is 7.93. The lowest BCUT2D eigenvalue weighted by atomic mass is 10.2. The van der Waals surface area contributed by atoms with Crippen LogP contribution in [0.4, 0.5) is 0 Å². The van der Waals surface area contributed by atoms with Gasteiger partial charge in [-0.1, -0.05) is 37.3 Å². The maximum atomic E-state index is 5.57. The molecule has 0 aliphatic heterocycles. The van der Waals surface area contributed by atoms with Gasteiger partial charge in [0.25, 0.3) is 0 Å². The highest BCUT2D eigenvalue weighted by atomic mass is 16.5. The van der Waals surface area contributed by atoms with E-state index in [4.69, 9.17) is 9.47 Å². The van der Waals surface area contributed by atoms with Gasteiger partial charge in [-0.05, 0) is 24.8 Å². The average Bonchev–Trinajstić information content (AvgIpc) is 2.34. The summed E-state index contributed by atoms with van der Waals surface area (Å²) in [7, 11) is 0. The van der Waals surface area contributed by atoms with E-state index in [0.29, 0.717) is 0 Å². The number of hydrogen-bond acceptors (Lipinski definition) is 2. The zero-order valence-electron chi connectivity index (χ0n) is 10.2. The van der Waals surface area contributed by atoms with Crippen molar-refractivity contribution >= 4 is 0 Å². The molecule has 0 bridgehead atoms. The van der Waals surface area contributed by atoms with Gasteiger partial charge in [-0.15, -0.1) is 0 Å². The summed E-state index contributed by atoms with van der Waals surface area (Å²) in [5.74, 6) is 0. The van der Waals surface area contributed by atoms with E-state index in [1.54, 1.807) is 0 Å². The first kappa shape index (κ1) is 13.2. The molecule has 0 atom stereocenters. The van der Waals surface area contributed by atoms with Gasteiger partial charge in [0.05, 0.1) is 6.61 Å². The predicted octanol–water partition coefficient (Wildman–Crippen LogP) is 3.41. The van der Waals surface area contributed by atoms with Crippen LogP contribution < -0.4 is 0 Å². The summed E-state index contributed by atoms with van der Waals surface area (Å²) in [6, 6.07) is 10.3. The van der Waals surface area contributed by atoms with Crippen molar-refractivity contribution in [1.29, 1.82) is 0 Å². The molecule has 0 aromatic heterocycles. The number of rotatable bonds is 9. The molecule has 16 heavy (non-hydrogen) atoms. The summed E-state index contributed by atoms with van der Waals surface area (Å²) in [6.45, 7) is 5.41. The van der Waals surface area contributed by atoms with Crippen LogP contribution in [0.5, 0.6) is 0 Å². The molecule has 0 unspecified atom stereocenters. The van der Waals surface area contributed by atoms with Crippen molar-refractivity contribution in [3.05, 3.63) is 35.9 Å². The molecule has 0 saturated carbocycles. The smallest absolute Gasteiger partial charge is 0.0716 e. The van der Waals surface area contributed by atoms with Crippen molar-refractivity contribution in [2.75, 3.05) is 19.8 Å². The summed E-state index contributed by atoms with van der Waals surface area (Å²) in [6.07, 6.45) is 3.27. The van der Waals surface area contributed by atoms with Gasteiger partial charge in [-0.2, -0.15) is 0 Å². The number of unbranched alkanes of at least 4 members (excludes halogenated alkanes) is 1. The molecule has 2 nitrogen and oxygen atoms in total. The molecule has 1 aromatic carbocycles. The highest BCUT2D eigenvalue weighted by molar-refractivity contribution is 5.13. The summed E-state index contributed by atoms with van der Waals surface area (Å²) >= 11 is 0. The SMILES string of the molecule is CCCOCCCCOCc1ccccc1. The standard InChI is InChI=1S/C14H22O2/c1-2-10-15-11-6-7-12-16-13-14-8-4-3-5-9-14/h3-5,8-9H,2,6-7,10-13H2,1H3. The Morgan fingerprint density at radius 3 is 2.25 bits per heavy atom. The first-order valence-electron chi connectivity index (χ1n) is 6.13. The van der Waals surface area contributed by atoms with E-state index in [1.807, 2.05) is 18.2 Å². The third-order valence-corrected chi connectivity index (χ3v) is 2.29. The van der Waals surface area contributed by atoms with Crippen molar-refractivity contribution < 1.29 is 9.47 Å². The lowest BCUT2D eigenvalue weighted by molar-refractivity contribution is 0.0957. The van der Waals surface area contributed by atoms with E-state index in [9.17, 15) is 0 Å². The van der Waals surface area contributed by atoms with Crippen LogP contribution in [0.1, 0.15) is 31.7 Å². The third-order valence-electron chi connectivity index (χ3n) is 2.29. The van der Waals surface area contributed by atoms with Crippen LogP contribution in [0.2, 0.25) is 0 Å². The number of ether oxygens (including phenoxy) is 2. The summed E-state index contributed by atoms with van der Waals surface area (Å²) in [4.78, 5) is 0. The molecule has 0 spiro atoms. The molecule has 0 heterocycles. The quantitative estimate of drug-likeness (QED) is 0.596. The van der Waals surface area contributed by atoms with Crippen LogP contribution in [-0.4, -0.2) is 19.8 Å².